The molecule has 0 saturated carbocycles. The van der Waals surface area contributed by atoms with Gasteiger partial charge in [0.15, 0.2) is 0 Å². The van der Waals surface area contributed by atoms with E-state index in [1.165, 1.54) is 7.11 Å². The highest BCUT2D eigenvalue weighted by molar-refractivity contribution is 6.12. The molecular formula is C10H15BO5. The van der Waals surface area contributed by atoms with Crippen LogP contribution in [0.2, 0.25) is 0 Å². The summed E-state index contributed by atoms with van der Waals surface area (Å²) in [6.07, 6.45) is 0.864. The first-order valence-electron chi connectivity index (χ1n) is 5.17. The van der Waals surface area contributed by atoms with E-state index < -0.39 is 24.3 Å². The van der Waals surface area contributed by atoms with Gasteiger partial charge in [0.25, 0.3) is 6.48 Å². The molecule has 0 aromatic rings. The Kier molecular flexibility index (Phi) is 3.21. The summed E-state index contributed by atoms with van der Waals surface area (Å²) in [5, 5.41) is 9.22. The van der Waals surface area contributed by atoms with Gasteiger partial charge in [-0.05, 0) is 6.08 Å². The topological polar surface area (TPSA) is 57.2 Å². The van der Waals surface area contributed by atoms with Gasteiger partial charge in [0, 0.05) is 7.11 Å². The molecule has 2 aliphatic rings. The third-order valence-electron chi connectivity index (χ3n) is 3.05. The van der Waals surface area contributed by atoms with Gasteiger partial charge in [0.1, 0.15) is 25.7 Å². The van der Waals surface area contributed by atoms with Crippen LogP contribution in [0.25, 0.3) is 0 Å². The molecule has 0 aliphatic carbocycles. The molecule has 16 heavy (non-hydrogen) atoms. The summed E-state index contributed by atoms with van der Waals surface area (Å²) >= 11 is 0. The van der Waals surface area contributed by atoms with E-state index in [4.69, 9.17) is 18.9 Å². The average molecular weight is 226 g/mol. The molecule has 0 bridgehead atoms. The van der Waals surface area contributed by atoms with Gasteiger partial charge in [0.2, 0.25) is 0 Å². The largest absolute Gasteiger partial charge is 0.394 e. The summed E-state index contributed by atoms with van der Waals surface area (Å²) in [6, 6.07) is -0.246. The minimum absolute atomic E-state index is 0.123. The molecule has 5 atom stereocenters. The van der Waals surface area contributed by atoms with Crippen LogP contribution in [-0.4, -0.2) is 57.0 Å². The van der Waals surface area contributed by atoms with E-state index in [0.29, 0.717) is 0 Å². The third kappa shape index (κ3) is 1.55. The molecule has 88 valence electrons. The van der Waals surface area contributed by atoms with Crippen LogP contribution in [0.4, 0.5) is 0 Å². The Labute approximate surface area is 95.0 Å². The van der Waals surface area contributed by atoms with Crippen LogP contribution in [0.3, 0.4) is 0 Å². The Morgan fingerprint density at radius 1 is 1.62 bits per heavy atom. The van der Waals surface area contributed by atoms with Gasteiger partial charge < -0.3 is 24.1 Å². The lowest BCUT2D eigenvalue weighted by Crippen LogP contribution is -2.45. The molecule has 5 nitrogen and oxygen atoms in total. The normalized spacial score (nSPS) is 46.4. The minimum Gasteiger partial charge on any atom is -0.394 e. The third-order valence-corrected chi connectivity index (χ3v) is 3.05. The van der Waals surface area contributed by atoms with Crippen LogP contribution >= 0.6 is 0 Å². The van der Waals surface area contributed by atoms with E-state index in [9.17, 15) is 5.11 Å². The van der Waals surface area contributed by atoms with Crippen molar-refractivity contribution in [3.8, 4) is 0 Å². The van der Waals surface area contributed by atoms with Crippen molar-refractivity contribution in [2.24, 2.45) is 0 Å². The molecule has 0 spiro atoms. The van der Waals surface area contributed by atoms with Gasteiger partial charge in [-0.25, -0.2) is 0 Å². The van der Waals surface area contributed by atoms with Crippen molar-refractivity contribution in [1.82, 2.24) is 0 Å². The fourth-order valence-electron chi connectivity index (χ4n) is 2.27. The number of aliphatic hydroxyl groups excluding tert-OH is 1. The van der Waals surface area contributed by atoms with E-state index in [-0.39, 0.29) is 12.6 Å². The van der Waals surface area contributed by atoms with Gasteiger partial charge in [-0.2, -0.15) is 0 Å². The highest BCUT2D eigenvalue weighted by Crippen LogP contribution is 2.42. The lowest BCUT2D eigenvalue weighted by molar-refractivity contribution is -0.254. The Hall–Kier alpha value is -0.615. The zero-order chi connectivity index (χ0) is 11.8. The maximum absolute atomic E-state index is 9.22. The first-order chi connectivity index (χ1) is 7.67. The van der Waals surface area contributed by atoms with E-state index in [1.54, 1.807) is 6.08 Å². The first-order valence-corrected chi connectivity index (χ1v) is 5.17. The lowest BCUT2D eigenvalue weighted by atomic mass is 9.80. The molecule has 6 heteroatoms. The maximum atomic E-state index is 9.22. The fourth-order valence-corrected chi connectivity index (χ4v) is 2.27. The van der Waals surface area contributed by atoms with E-state index in [1.807, 2.05) is 7.85 Å². The predicted octanol–water partition coefficient (Wildman–Crippen LogP) is -1.24. The highest BCUT2D eigenvalue weighted by Gasteiger charge is 2.61. The van der Waals surface area contributed by atoms with Gasteiger partial charge in [-0.15, -0.1) is 5.73 Å². The molecule has 2 aliphatic heterocycles. The van der Waals surface area contributed by atoms with Crippen LogP contribution in [0, 0.1) is 0 Å². The van der Waals surface area contributed by atoms with Crippen molar-refractivity contribution < 1.29 is 24.1 Å². The van der Waals surface area contributed by atoms with Crippen LogP contribution in [0.5, 0.6) is 0 Å². The molecule has 2 fully saturated rings. The molecule has 1 N–H and O–H groups in total. The Bertz CT molecular complexity index is 316. The van der Waals surface area contributed by atoms with Crippen LogP contribution in [-0.2, 0) is 18.9 Å². The van der Waals surface area contributed by atoms with Crippen molar-refractivity contribution in [3.05, 3.63) is 18.4 Å². The molecule has 0 aromatic heterocycles. The van der Waals surface area contributed by atoms with E-state index >= 15 is 0 Å². The number of ether oxygens (including phenoxy) is 4. The molecule has 0 amide bonds. The van der Waals surface area contributed by atoms with Gasteiger partial charge in [0.05, 0.1) is 12.6 Å². The first kappa shape index (κ1) is 11.9. The average Bonchev–Trinajstić information content (AvgIpc) is 2.76. The summed E-state index contributed by atoms with van der Waals surface area (Å²) < 4.78 is 21.8. The predicted molar refractivity (Wildman–Crippen MR) is 57.5 cm³/mol. The Balaban J connectivity index is 2.31. The number of rotatable bonds is 3. The van der Waals surface area contributed by atoms with Crippen LogP contribution in [0.1, 0.15) is 0 Å². The van der Waals surface area contributed by atoms with Crippen LogP contribution in [0.15, 0.2) is 18.4 Å². The molecule has 0 radical (unpaired) electrons. The molecule has 0 aromatic carbocycles. The second kappa shape index (κ2) is 4.33. The highest BCUT2D eigenvalue weighted by atomic mass is 16.9. The number of methoxy groups -OCH3 is 1. The van der Waals surface area contributed by atoms with Gasteiger partial charge in [-0.3, -0.25) is 0 Å². The molecule has 2 rings (SSSR count). The summed E-state index contributed by atoms with van der Waals surface area (Å²) in [6.45, 7) is 2.68. The number of hydrogen-bond donors (Lipinski definition) is 1. The number of aliphatic hydroxyl groups is 1. The van der Waals surface area contributed by atoms with Gasteiger partial charge in [-0.1, -0.05) is 6.58 Å². The zero-order valence-corrected chi connectivity index (χ0v) is 9.38. The smallest absolute Gasteiger partial charge is 0.272 e. The molecule has 2 heterocycles. The monoisotopic (exact) mass is 226 g/mol. The quantitative estimate of drug-likeness (QED) is 0.482. The zero-order valence-electron chi connectivity index (χ0n) is 9.38. The summed E-state index contributed by atoms with van der Waals surface area (Å²) in [5.74, 6) is 0. The van der Waals surface area contributed by atoms with Crippen molar-refractivity contribution in [2.75, 3.05) is 13.7 Å². The maximum Gasteiger partial charge on any atom is 0.272 e. The molecule has 2 saturated heterocycles. The van der Waals surface area contributed by atoms with Crippen molar-refractivity contribution in [1.29, 1.82) is 0 Å². The fraction of sp³-hybridized carbons (Fsp3) is 0.700. The van der Waals surface area contributed by atoms with Crippen LogP contribution < -0.4 is 0 Å². The Morgan fingerprint density at radius 3 is 2.94 bits per heavy atom. The summed E-state index contributed by atoms with van der Waals surface area (Å²) in [4.78, 5) is 0. The number of fused-ring (bicyclic) bond motifs is 1. The minimum atomic E-state index is -0.768. The summed E-state index contributed by atoms with van der Waals surface area (Å²) in [5.41, 5.74) is 1.93. The van der Waals surface area contributed by atoms with Crippen molar-refractivity contribution in [2.45, 2.75) is 30.3 Å². The SMILES string of the molecule is B[C@@H]1O[C@H](CO)C2OC(OC)O[C@]21C=C=C. The summed E-state index contributed by atoms with van der Waals surface area (Å²) in [7, 11) is 3.36. The molecular weight excluding hydrogens is 211 g/mol. The van der Waals surface area contributed by atoms with Crippen molar-refractivity contribution >= 4 is 7.85 Å². The van der Waals surface area contributed by atoms with E-state index in [2.05, 4.69) is 12.3 Å². The second-order valence-electron chi connectivity index (χ2n) is 3.90. The van der Waals surface area contributed by atoms with Crippen molar-refractivity contribution in [3.63, 3.8) is 0 Å². The number of hydrogen-bond acceptors (Lipinski definition) is 5. The lowest BCUT2D eigenvalue weighted by Gasteiger charge is -2.24. The van der Waals surface area contributed by atoms with Gasteiger partial charge >= 0.3 is 0 Å². The second-order valence-corrected chi connectivity index (χ2v) is 3.90. The molecule has 2 unspecified atom stereocenters. The Morgan fingerprint density at radius 2 is 2.38 bits per heavy atom. The van der Waals surface area contributed by atoms with E-state index in [0.717, 1.165) is 0 Å². The standard InChI is InChI=1S/C10H15BO5/c1-3-4-10-7(15-9(13-2)16-10)6(5-12)14-8(10)11/h4,6-9,12H,1,5,11H2,2H3/t6-,7?,8-,9?,10-/m1/s1.